The van der Waals surface area contributed by atoms with E-state index < -0.39 is 5.92 Å². The fraction of sp³-hybridized carbons (Fsp3) is 0.538. The molecule has 1 N–H and O–H groups in total. The van der Waals surface area contributed by atoms with Crippen LogP contribution >= 0.6 is 0 Å². The molecule has 1 aromatic carbocycles. The van der Waals surface area contributed by atoms with Gasteiger partial charge in [0.15, 0.2) is 0 Å². The summed E-state index contributed by atoms with van der Waals surface area (Å²) >= 11 is 0. The van der Waals surface area contributed by atoms with Crippen molar-refractivity contribution in [2.75, 3.05) is 13.1 Å². The first kappa shape index (κ1) is 11.5. The minimum absolute atomic E-state index is 0.153. The van der Waals surface area contributed by atoms with Crippen molar-refractivity contribution >= 4 is 0 Å². The van der Waals surface area contributed by atoms with Gasteiger partial charge in [-0.1, -0.05) is 24.3 Å². The molecule has 0 amide bonds. The summed E-state index contributed by atoms with van der Waals surface area (Å²) in [7, 11) is 0. The molecular weight excluding hydrogens is 208 g/mol. The van der Waals surface area contributed by atoms with E-state index in [4.69, 9.17) is 0 Å². The van der Waals surface area contributed by atoms with Gasteiger partial charge >= 0.3 is 0 Å². The minimum atomic E-state index is -2.62. The molecule has 0 bridgehead atoms. The predicted octanol–water partition coefficient (Wildman–Crippen LogP) is 2.96. The van der Waals surface area contributed by atoms with E-state index in [1.165, 1.54) is 0 Å². The molecule has 1 aliphatic rings. The summed E-state index contributed by atoms with van der Waals surface area (Å²) in [5.74, 6) is -2.22. The van der Waals surface area contributed by atoms with Crippen LogP contribution in [0.1, 0.15) is 30.4 Å². The Balaban J connectivity index is 2.23. The number of hydrogen-bond donors (Lipinski definition) is 1. The summed E-state index contributed by atoms with van der Waals surface area (Å²) < 4.78 is 26.1. The number of benzene rings is 1. The van der Waals surface area contributed by atoms with E-state index >= 15 is 0 Å². The molecule has 0 aliphatic carbocycles. The normalized spacial score (nSPS) is 21.3. The molecule has 1 atom stereocenters. The molecular formula is C13H17F2N. The lowest BCUT2D eigenvalue weighted by molar-refractivity contribution is 0.0223. The summed E-state index contributed by atoms with van der Waals surface area (Å²) in [6.45, 7) is 2.88. The third-order valence-electron chi connectivity index (χ3n) is 3.06. The number of alkyl halides is 2. The van der Waals surface area contributed by atoms with E-state index in [1.807, 2.05) is 24.3 Å². The van der Waals surface area contributed by atoms with Crippen molar-refractivity contribution in [2.24, 2.45) is 0 Å². The van der Waals surface area contributed by atoms with Crippen LogP contribution in [0.25, 0.3) is 0 Å². The van der Waals surface area contributed by atoms with Gasteiger partial charge in [-0.15, -0.1) is 0 Å². The van der Waals surface area contributed by atoms with Gasteiger partial charge in [0.25, 0.3) is 0 Å². The average Bonchev–Trinajstić information content (AvgIpc) is 2.69. The first-order valence-electron chi connectivity index (χ1n) is 5.72. The SMILES string of the molecule is CC(F)(F)Cc1ccccc1C1CCNC1. The zero-order valence-electron chi connectivity index (χ0n) is 9.47. The molecule has 1 aromatic rings. The Labute approximate surface area is 94.9 Å². The van der Waals surface area contributed by atoms with Crippen LogP contribution in [0.5, 0.6) is 0 Å². The first-order valence-corrected chi connectivity index (χ1v) is 5.72. The minimum Gasteiger partial charge on any atom is -0.316 e. The van der Waals surface area contributed by atoms with Crippen molar-refractivity contribution in [1.82, 2.24) is 5.32 Å². The Morgan fingerprint density at radius 1 is 1.38 bits per heavy atom. The fourth-order valence-electron chi connectivity index (χ4n) is 2.35. The quantitative estimate of drug-likeness (QED) is 0.834. The highest BCUT2D eigenvalue weighted by atomic mass is 19.3. The van der Waals surface area contributed by atoms with Gasteiger partial charge < -0.3 is 5.32 Å². The molecule has 1 saturated heterocycles. The van der Waals surface area contributed by atoms with Crippen LogP contribution in [0.3, 0.4) is 0 Å². The molecule has 3 heteroatoms. The topological polar surface area (TPSA) is 12.0 Å². The Bertz CT molecular complexity index is 351. The smallest absolute Gasteiger partial charge is 0.249 e. The monoisotopic (exact) mass is 225 g/mol. The van der Waals surface area contributed by atoms with Crippen LogP contribution in [0.2, 0.25) is 0 Å². The third kappa shape index (κ3) is 2.79. The molecule has 2 rings (SSSR count). The lowest BCUT2D eigenvalue weighted by Crippen LogP contribution is -2.16. The molecule has 1 nitrogen and oxygen atoms in total. The van der Waals surface area contributed by atoms with E-state index in [0.29, 0.717) is 5.92 Å². The summed E-state index contributed by atoms with van der Waals surface area (Å²) in [4.78, 5) is 0. The number of nitrogens with one attached hydrogen (secondary N) is 1. The van der Waals surface area contributed by atoms with Crippen molar-refractivity contribution in [3.8, 4) is 0 Å². The highest BCUT2D eigenvalue weighted by Crippen LogP contribution is 2.29. The first-order chi connectivity index (χ1) is 7.56. The fourth-order valence-corrected chi connectivity index (χ4v) is 2.35. The summed E-state index contributed by atoms with van der Waals surface area (Å²) in [5, 5.41) is 3.27. The van der Waals surface area contributed by atoms with Crippen molar-refractivity contribution < 1.29 is 8.78 Å². The van der Waals surface area contributed by atoms with Gasteiger partial charge in [-0.05, 0) is 36.9 Å². The maximum Gasteiger partial charge on any atom is 0.249 e. The summed E-state index contributed by atoms with van der Waals surface area (Å²) in [6, 6.07) is 7.59. The van der Waals surface area contributed by atoms with E-state index in [0.717, 1.165) is 37.6 Å². The Morgan fingerprint density at radius 2 is 2.12 bits per heavy atom. The Morgan fingerprint density at radius 3 is 2.75 bits per heavy atom. The molecule has 0 saturated carbocycles. The summed E-state index contributed by atoms with van der Waals surface area (Å²) in [6.07, 6.45) is 0.895. The molecule has 1 heterocycles. The van der Waals surface area contributed by atoms with E-state index in [1.54, 1.807) is 0 Å². The predicted molar refractivity (Wildman–Crippen MR) is 61.0 cm³/mol. The largest absolute Gasteiger partial charge is 0.316 e. The van der Waals surface area contributed by atoms with Crippen molar-refractivity contribution in [3.05, 3.63) is 35.4 Å². The maximum absolute atomic E-state index is 13.1. The molecule has 1 fully saturated rings. The lowest BCUT2D eigenvalue weighted by atomic mass is 9.91. The molecule has 0 aromatic heterocycles. The van der Waals surface area contributed by atoms with Gasteiger partial charge in [-0.2, -0.15) is 0 Å². The Hall–Kier alpha value is -0.960. The zero-order valence-corrected chi connectivity index (χ0v) is 9.47. The molecule has 88 valence electrons. The second kappa shape index (κ2) is 4.50. The summed E-state index contributed by atoms with van der Waals surface area (Å²) in [5.41, 5.74) is 1.89. The van der Waals surface area contributed by atoms with Gasteiger partial charge in [0.2, 0.25) is 5.92 Å². The van der Waals surface area contributed by atoms with Crippen LogP contribution in [-0.4, -0.2) is 19.0 Å². The molecule has 1 unspecified atom stereocenters. The lowest BCUT2D eigenvalue weighted by Gasteiger charge is -2.17. The number of halogens is 2. The zero-order chi connectivity index (χ0) is 11.6. The van der Waals surface area contributed by atoms with E-state index in [2.05, 4.69) is 5.32 Å². The molecule has 0 spiro atoms. The standard InChI is InChI=1S/C13H17F2N/c1-13(14,15)8-10-4-2-3-5-12(10)11-6-7-16-9-11/h2-5,11,16H,6-9H2,1H3. The van der Waals surface area contributed by atoms with Crippen LogP contribution in [0.4, 0.5) is 8.78 Å². The third-order valence-corrected chi connectivity index (χ3v) is 3.06. The maximum atomic E-state index is 13.1. The highest BCUT2D eigenvalue weighted by Gasteiger charge is 2.26. The van der Waals surface area contributed by atoms with Gasteiger partial charge in [-0.3, -0.25) is 0 Å². The van der Waals surface area contributed by atoms with Crippen LogP contribution in [0, 0.1) is 0 Å². The average molecular weight is 225 g/mol. The molecule has 0 radical (unpaired) electrons. The van der Waals surface area contributed by atoms with Gasteiger partial charge in [0, 0.05) is 13.0 Å². The number of rotatable bonds is 3. The van der Waals surface area contributed by atoms with Crippen LogP contribution in [0.15, 0.2) is 24.3 Å². The van der Waals surface area contributed by atoms with Gasteiger partial charge in [0.1, 0.15) is 0 Å². The van der Waals surface area contributed by atoms with E-state index in [9.17, 15) is 8.78 Å². The Kier molecular flexibility index (Phi) is 3.24. The van der Waals surface area contributed by atoms with Gasteiger partial charge in [-0.25, -0.2) is 8.78 Å². The van der Waals surface area contributed by atoms with Gasteiger partial charge in [0.05, 0.1) is 0 Å². The highest BCUT2D eigenvalue weighted by molar-refractivity contribution is 5.32. The van der Waals surface area contributed by atoms with Crippen molar-refractivity contribution in [1.29, 1.82) is 0 Å². The van der Waals surface area contributed by atoms with Crippen LogP contribution in [-0.2, 0) is 6.42 Å². The number of hydrogen-bond acceptors (Lipinski definition) is 1. The second-order valence-electron chi connectivity index (χ2n) is 4.64. The van der Waals surface area contributed by atoms with E-state index in [-0.39, 0.29) is 6.42 Å². The van der Waals surface area contributed by atoms with Crippen molar-refractivity contribution in [2.45, 2.75) is 31.6 Å². The molecule has 16 heavy (non-hydrogen) atoms. The molecule has 1 aliphatic heterocycles. The second-order valence-corrected chi connectivity index (χ2v) is 4.64. The van der Waals surface area contributed by atoms with Crippen molar-refractivity contribution in [3.63, 3.8) is 0 Å². The van der Waals surface area contributed by atoms with Crippen LogP contribution < -0.4 is 5.32 Å².